The van der Waals surface area contributed by atoms with Crippen molar-refractivity contribution in [3.05, 3.63) is 52.2 Å². The summed E-state index contributed by atoms with van der Waals surface area (Å²) < 4.78 is 0. The molecule has 0 saturated carbocycles. The normalized spacial score (nSPS) is 15.3. The van der Waals surface area contributed by atoms with Gasteiger partial charge in [-0.2, -0.15) is 0 Å². The van der Waals surface area contributed by atoms with Crippen LogP contribution in [0.1, 0.15) is 41.4 Å². The molecule has 1 aliphatic rings. The Morgan fingerprint density at radius 2 is 1.89 bits per heavy atom. The molecule has 144 valence electrons. The Balaban J connectivity index is 1.63. The molecule has 1 saturated heterocycles. The number of amides is 2. The number of hydrogen-bond donors (Lipinski definition) is 1. The van der Waals surface area contributed by atoms with Gasteiger partial charge in [0, 0.05) is 32.4 Å². The van der Waals surface area contributed by atoms with Crippen molar-refractivity contribution in [2.75, 3.05) is 25.0 Å². The number of benzene rings is 1. The van der Waals surface area contributed by atoms with E-state index in [1.165, 1.54) is 36.3 Å². The van der Waals surface area contributed by atoms with E-state index in [9.17, 15) is 9.59 Å². The molecule has 1 N–H and O–H groups in total. The molecule has 2 amide bonds. The maximum Gasteiger partial charge on any atom is 0.261 e. The van der Waals surface area contributed by atoms with Gasteiger partial charge in [-0.1, -0.05) is 24.3 Å². The van der Waals surface area contributed by atoms with Crippen LogP contribution in [0.5, 0.6) is 0 Å². The highest BCUT2D eigenvalue weighted by molar-refractivity contribution is 7.12. The first-order valence-corrected chi connectivity index (χ1v) is 10.4. The topological polar surface area (TPSA) is 52.7 Å². The molecule has 5 nitrogen and oxygen atoms in total. The molecular formula is C21H27N3O2S. The fourth-order valence-electron chi connectivity index (χ4n) is 3.49. The summed E-state index contributed by atoms with van der Waals surface area (Å²) in [6.45, 7) is 4.41. The lowest BCUT2D eigenvalue weighted by atomic mass is 10.1. The number of likely N-dealkylation sites (N-methyl/N-ethyl adjacent to an activating group) is 1. The molecule has 1 aliphatic heterocycles. The van der Waals surface area contributed by atoms with E-state index in [4.69, 9.17) is 0 Å². The van der Waals surface area contributed by atoms with Crippen LogP contribution >= 0.6 is 11.3 Å². The Labute approximate surface area is 165 Å². The fourth-order valence-corrected chi connectivity index (χ4v) is 4.12. The van der Waals surface area contributed by atoms with Gasteiger partial charge >= 0.3 is 0 Å². The third kappa shape index (κ3) is 4.89. The second kappa shape index (κ2) is 9.04. The van der Waals surface area contributed by atoms with Crippen molar-refractivity contribution in [2.45, 2.75) is 38.8 Å². The molecule has 2 heterocycles. The van der Waals surface area contributed by atoms with Crippen LogP contribution in [0.4, 0.5) is 5.69 Å². The predicted molar refractivity (Wildman–Crippen MR) is 110 cm³/mol. The number of rotatable bonds is 6. The molecule has 3 rings (SSSR count). The van der Waals surface area contributed by atoms with Crippen LogP contribution < -0.4 is 10.2 Å². The summed E-state index contributed by atoms with van der Waals surface area (Å²) in [6.07, 6.45) is 3.72. The third-order valence-corrected chi connectivity index (χ3v) is 5.80. The SMILES string of the molecule is C[C@H](NC(=O)c1cccs1)C(=O)N(C)Cc1ccccc1N1CCCCC1. The van der Waals surface area contributed by atoms with Gasteiger partial charge < -0.3 is 15.1 Å². The number of nitrogens with zero attached hydrogens (tertiary/aromatic N) is 2. The summed E-state index contributed by atoms with van der Waals surface area (Å²) in [4.78, 5) is 29.7. The van der Waals surface area contributed by atoms with Crippen LogP contribution in [-0.4, -0.2) is 42.9 Å². The number of hydrogen-bond acceptors (Lipinski definition) is 4. The van der Waals surface area contributed by atoms with Gasteiger partial charge in [-0.3, -0.25) is 9.59 Å². The second-order valence-electron chi connectivity index (χ2n) is 7.04. The Kier molecular flexibility index (Phi) is 6.50. The molecule has 0 spiro atoms. The zero-order valence-corrected chi connectivity index (χ0v) is 16.8. The summed E-state index contributed by atoms with van der Waals surface area (Å²) in [5, 5.41) is 4.65. The van der Waals surface area contributed by atoms with Crippen molar-refractivity contribution in [1.29, 1.82) is 0 Å². The van der Waals surface area contributed by atoms with Crippen LogP contribution in [0.25, 0.3) is 0 Å². The fraction of sp³-hybridized carbons (Fsp3) is 0.429. The summed E-state index contributed by atoms with van der Waals surface area (Å²) in [5.74, 6) is -0.290. The smallest absolute Gasteiger partial charge is 0.261 e. The van der Waals surface area contributed by atoms with E-state index in [1.54, 1.807) is 24.9 Å². The Bertz CT molecular complexity index is 769. The van der Waals surface area contributed by atoms with Gasteiger partial charge in [0.05, 0.1) is 4.88 Å². The number of carbonyl (C=O) groups is 2. The van der Waals surface area contributed by atoms with Crippen LogP contribution in [-0.2, 0) is 11.3 Å². The van der Waals surface area contributed by atoms with Gasteiger partial charge in [-0.05, 0) is 49.3 Å². The van der Waals surface area contributed by atoms with Crippen molar-refractivity contribution in [3.63, 3.8) is 0 Å². The first kappa shape index (κ1) is 19.4. The number of anilines is 1. The molecule has 6 heteroatoms. The van der Waals surface area contributed by atoms with Gasteiger partial charge in [0.2, 0.25) is 5.91 Å². The number of nitrogens with one attached hydrogen (secondary N) is 1. The molecule has 0 aliphatic carbocycles. The second-order valence-corrected chi connectivity index (χ2v) is 7.99. The van der Waals surface area contributed by atoms with E-state index in [-0.39, 0.29) is 11.8 Å². The quantitative estimate of drug-likeness (QED) is 0.828. The molecule has 1 aromatic heterocycles. The van der Waals surface area contributed by atoms with Crippen molar-refractivity contribution in [3.8, 4) is 0 Å². The minimum atomic E-state index is -0.563. The van der Waals surface area contributed by atoms with E-state index in [0.29, 0.717) is 11.4 Å². The molecule has 2 aromatic rings. The third-order valence-electron chi connectivity index (χ3n) is 4.94. The summed E-state index contributed by atoms with van der Waals surface area (Å²) in [6, 6.07) is 11.3. The Hall–Kier alpha value is -2.34. The number of para-hydroxylation sites is 1. The molecule has 27 heavy (non-hydrogen) atoms. The van der Waals surface area contributed by atoms with Crippen LogP contribution in [0.2, 0.25) is 0 Å². The van der Waals surface area contributed by atoms with Gasteiger partial charge in [0.25, 0.3) is 5.91 Å². The van der Waals surface area contributed by atoms with Gasteiger partial charge in [0.15, 0.2) is 0 Å². The predicted octanol–water partition coefficient (Wildman–Crippen LogP) is 3.52. The summed E-state index contributed by atoms with van der Waals surface area (Å²) in [7, 11) is 1.79. The number of piperidine rings is 1. The lowest BCUT2D eigenvalue weighted by molar-refractivity contribution is -0.132. The standard InChI is InChI=1S/C21H27N3O2S/c1-16(22-20(25)19-11-8-14-27-19)21(26)23(2)15-17-9-4-5-10-18(17)24-12-6-3-7-13-24/h4-5,8-11,14,16H,3,6-7,12-13,15H2,1-2H3,(H,22,25)/t16-/m0/s1. The average molecular weight is 386 g/mol. The van der Waals surface area contributed by atoms with E-state index in [2.05, 4.69) is 28.4 Å². The Morgan fingerprint density at radius 1 is 1.15 bits per heavy atom. The van der Waals surface area contributed by atoms with E-state index in [0.717, 1.165) is 18.7 Å². The molecule has 1 aromatic carbocycles. The zero-order chi connectivity index (χ0) is 19.2. The van der Waals surface area contributed by atoms with Crippen molar-refractivity contribution >= 4 is 28.8 Å². The average Bonchev–Trinajstić information content (AvgIpc) is 3.23. The van der Waals surface area contributed by atoms with E-state index >= 15 is 0 Å². The van der Waals surface area contributed by atoms with Gasteiger partial charge in [0.1, 0.15) is 6.04 Å². The monoisotopic (exact) mass is 385 g/mol. The van der Waals surface area contributed by atoms with Gasteiger partial charge in [-0.15, -0.1) is 11.3 Å². The molecule has 0 bridgehead atoms. The Morgan fingerprint density at radius 3 is 2.59 bits per heavy atom. The number of thiophene rings is 1. The van der Waals surface area contributed by atoms with Crippen LogP contribution in [0.15, 0.2) is 41.8 Å². The number of carbonyl (C=O) groups excluding carboxylic acids is 2. The molecule has 1 atom stereocenters. The summed E-state index contributed by atoms with van der Waals surface area (Å²) in [5.41, 5.74) is 2.36. The maximum atomic E-state index is 12.7. The lowest BCUT2D eigenvalue weighted by Gasteiger charge is -2.32. The highest BCUT2D eigenvalue weighted by Crippen LogP contribution is 2.25. The molecule has 0 unspecified atom stereocenters. The highest BCUT2D eigenvalue weighted by Gasteiger charge is 2.22. The van der Waals surface area contributed by atoms with Crippen LogP contribution in [0, 0.1) is 0 Å². The first-order chi connectivity index (χ1) is 13.1. The van der Waals surface area contributed by atoms with E-state index in [1.807, 2.05) is 17.5 Å². The minimum absolute atomic E-state index is 0.0895. The van der Waals surface area contributed by atoms with Crippen LogP contribution in [0.3, 0.4) is 0 Å². The minimum Gasteiger partial charge on any atom is -0.371 e. The molecular weight excluding hydrogens is 358 g/mol. The zero-order valence-electron chi connectivity index (χ0n) is 16.0. The summed E-state index contributed by atoms with van der Waals surface area (Å²) >= 11 is 1.37. The largest absolute Gasteiger partial charge is 0.371 e. The van der Waals surface area contributed by atoms with Crippen molar-refractivity contribution in [1.82, 2.24) is 10.2 Å². The molecule has 1 fully saturated rings. The highest BCUT2D eigenvalue weighted by atomic mass is 32.1. The lowest BCUT2D eigenvalue weighted by Crippen LogP contribution is -2.45. The van der Waals surface area contributed by atoms with E-state index < -0.39 is 6.04 Å². The van der Waals surface area contributed by atoms with Gasteiger partial charge in [-0.25, -0.2) is 0 Å². The first-order valence-electron chi connectivity index (χ1n) is 9.48. The maximum absolute atomic E-state index is 12.7. The van der Waals surface area contributed by atoms with Crippen molar-refractivity contribution < 1.29 is 9.59 Å². The van der Waals surface area contributed by atoms with Crippen molar-refractivity contribution in [2.24, 2.45) is 0 Å². The molecule has 0 radical (unpaired) electrons.